The number of rotatable bonds is 5. The molecule has 116 valence electrons. The molecule has 0 bridgehead atoms. The smallest absolute Gasteiger partial charge is 0.259 e. The lowest BCUT2D eigenvalue weighted by Gasteiger charge is -2.24. The van der Waals surface area contributed by atoms with Crippen LogP contribution in [0, 0.1) is 5.92 Å². The molecule has 22 heavy (non-hydrogen) atoms. The summed E-state index contributed by atoms with van der Waals surface area (Å²) < 4.78 is 0. The highest BCUT2D eigenvalue weighted by molar-refractivity contribution is 6.10. The summed E-state index contributed by atoms with van der Waals surface area (Å²) in [4.78, 5) is 27.6. The van der Waals surface area contributed by atoms with Crippen molar-refractivity contribution >= 4 is 17.5 Å². The number of amides is 2. The van der Waals surface area contributed by atoms with Crippen LogP contribution in [0.1, 0.15) is 28.8 Å². The first-order valence-corrected chi connectivity index (χ1v) is 7.51. The first kappa shape index (κ1) is 14.8. The topological polar surface area (TPSA) is 60.9 Å². The van der Waals surface area contributed by atoms with Gasteiger partial charge in [-0.15, -0.1) is 0 Å². The molecule has 1 unspecified atom stereocenters. The maximum Gasteiger partial charge on any atom is 0.259 e. The molecule has 0 radical (unpaired) electrons. The minimum Gasteiger partial charge on any atom is -0.391 e. The average Bonchev–Trinajstić information content (AvgIpc) is 3.32. The summed E-state index contributed by atoms with van der Waals surface area (Å²) in [5, 5.41) is 9.92. The molecule has 1 atom stereocenters. The van der Waals surface area contributed by atoms with Crippen LogP contribution in [-0.2, 0) is 4.79 Å². The lowest BCUT2D eigenvalue weighted by molar-refractivity contribution is -0.131. The molecule has 3 rings (SSSR count). The number of aliphatic hydroxyl groups is 1. The standard InChI is InChI=1S/C17H20N2O3/c1-11-13-5-3-4-6-14(13)17(22)19(11)10-16(21)18(2)9-15(20)12-7-8-12/h3-6,12,15,20H,1,7-10H2,2H3. The molecule has 1 aromatic rings. The second-order valence-electron chi connectivity index (χ2n) is 6.06. The number of benzene rings is 1. The Morgan fingerprint density at radius 2 is 2.05 bits per heavy atom. The first-order chi connectivity index (χ1) is 10.5. The summed E-state index contributed by atoms with van der Waals surface area (Å²) in [6.07, 6.45) is 1.59. The highest BCUT2D eigenvalue weighted by Crippen LogP contribution is 2.33. The molecular formula is C17H20N2O3. The molecule has 0 saturated heterocycles. The molecule has 1 aromatic carbocycles. The molecule has 5 nitrogen and oxygen atoms in total. The fourth-order valence-electron chi connectivity index (χ4n) is 2.77. The van der Waals surface area contributed by atoms with E-state index in [0.29, 0.717) is 23.7 Å². The van der Waals surface area contributed by atoms with Crippen molar-refractivity contribution in [2.24, 2.45) is 5.92 Å². The Labute approximate surface area is 129 Å². The van der Waals surface area contributed by atoms with Crippen LogP contribution in [0.4, 0.5) is 0 Å². The number of nitrogens with zero attached hydrogens (tertiary/aromatic N) is 2. The molecule has 1 N–H and O–H groups in total. The molecule has 1 aliphatic carbocycles. The molecule has 1 heterocycles. The van der Waals surface area contributed by atoms with Crippen LogP contribution in [0.15, 0.2) is 30.8 Å². The van der Waals surface area contributed by atoms with Crippen molar-refractivity contribution in [3.8, 4) is 0 Å². The minimum atomic E-state index is -0.469. The largest absolute Gasteiger partial charge is 0.391 e. The number of fused-ring (bicyclic) bond motifs is 1. The minimum absolute atomic E-state index is 0.0414. The van der Waals surface area contributed by atoms with Crippen LogP contribution < -0.4 is 0 Å². The van der Waals surface area contributed by atoms with Gasteiger partial charge >= 0.3 is 0 Å². The van der Waals surface area contributed by atoms with Gasteiger partial charge in [-0.2, -0.15) is 0 Å². The summed E-state index contributed by atoms with van der Waals surface area (Å²) in [6.45, 7) is 4.19. The molecule has 0 aromatic heterocycles. The van der Waals surface area contributed by atoms with Gasteiger partial charge in [-0.1, -0.05) is 24.8 Å². The maximum absolute atomic E-state index is 12.4. The molecule has 5 heteroatoms. The van der Waals surface area contributed by atoms with Crippen molar-refractivity contribution in [1.82, 2.24) is 9.80 Å². The quantitative estimate of drug-likeness (QED) is 0.893. The van der Waals surface area contributed by atoms with E-state index in [1.165, 1.54) is 9.80 Å². The fourth-order valence-corrected chi connectivity index (χ4v) is 2.77. The van der Waals surface area contributed by atoms with Crippen molar-refractivity contribution in [3.63, 3.8) is 0 Å². The summed E-state index contributed by atoms with van der Waals surface area (Å²) >= 11 is 0. The predicted molar refractivity (Wildman–Crippen MR) is 82.9 cm³/mol. The van der Waals surface area contributed by atoms with E-state index in [9.17, 15) is 14.7 Å². The van der Waals surface area contributed by atoms with Gasteiger partial charge in [0.05, 0.1) is 6.10 Å². The Morgan fingerprint density at radius 3 is 2.64 bits per heavy atom. The van der Waals surface area contributed by atoms with Gasteiger partial charge in [0.25, 0.3) is 5.91 Å². The summed E-state index contributed by atoms with van der Waals surface area (Å²) in [5.41, 5.74) is 1.92. The molecule has 2 amide bonds. The zero-order valence-electron chi connectivity index (χ0n) is 12.7. The Bertz CT molecular complexity index is 602. The normalized spacial score (nSPS) is 18.4. The van der Waals surface area contributed by atoms with E-state index in [4.69, 9.17) is 0 Å². The van der Waals surface area contributed by atoms with Gasteiger partial charge in [-0.3, -0.25) is 14.5 Å². The predicted octanol–water partition coefficient (Wildman–Crippen LogP) is 1.34. The Balaban J connectivity index is 1.64. The average molecular weight is 300 g/mol. The summed E-state index contributed by atoms with van der Waals surface area (Å²) in [6, 6.07) is 7.22. The lowest BCUT2D eigenvalue weighted by Crippen LogP contribution is -2.41. The SMILES string of the molecule is C=C1c2ccccc2C(=O)N1CC(=O)N(C)CC(O)C1CC1. The number of carbonyl (C=O) groups excluding carboxylic acids is 2. The zero-order chi connectivity index (χ0) is 15.9. The van der Waals surface area contributed by atoms with Crippen LogP contribution in [0.3, 0.4) is 0 Å². The van der Waals surface area contributed by atoms with E-state index < -0.39 is 6.10 Å². The van der Waals surface area contributed by atoms with Crippen LogP contribution in [-0.4, -0.2) is 53.0 Å². The second kappa shape index (κ2) is 5.57. The van der Waals surface area contributed by atoms with E-state index in [2.05, 4.69) is 6.58 Å². The number of likely N-dealkylation sites (N-methyl/N-ethyl adjacent to an activating group) is 1. The van der Waals surface area contributed by atoms with E-state index in [-0.39, 0.29) is 18.4 Å². The monoisotopic (exact) mass is 300 g/mol. The number of aliphatic hydroxyl groups excluding tert-OH is 1. The van der Waals surface area contributed by atoms with Gasteiger partial charge in [0.1, 0.15) is 6.54 Å². The van der Waals surface area contributed by atoms with Crippen LogP contribution in [0.25, 0.3) is 5.70 Å². The molecule has 1 fully saturated rings. The molecular weight excluding hydrogens is 280 g/mol. The van der Waals surface area contributed by atoms with E-state index in [0.717, 1.165) is 18.4 Å². The fraction of sp³-hybridized carbons (Fsp3) is 0.412. The summed E-state index contributed by atoms with van der Waals surface area (Å²) in [7, 11) is 1.66. The molecule has 2 aliphatic rings. The van der Waals surface area contributed by atoms with Gasteiger partial charge < -0.3 is 10.0 Å². The Kier molecular flexibility index (Phi) is 3.74. The van der Waals surface area contributed by atoms with E-state index in [1.807, 2.05) is 12.1 Å². The van der Waals surface area contributed by atoms with Crippen LogP contribution in [0.2, 0.25) is 0 Å². The number of hydrogen-bond acceptors (Lipinski definition) is 3. The summed E-state index contributed by atoms with van der Waals surface area (Å²) in [5.74, 6) is -0.0602. The van der Waals surface area contributed by atoms with Crippen molar-refractivity contribution in [2.75, 3.05) is 20.1 Å². The Hall–Kier alpha value is -2.14. The van der Waals surface area contributed by atoms with Gasteiger partial charge in [-0.05, 0) is 24.8 Å². The lowest BCUT2D eigenvalue weighted by atomic mass is 10.1. The van der Waals surface area contributed by atoms with Gasteiger partial charge in [0, 0.05) is 30.4 Å². The molecule has 1 saturated carbocycles. The number of carbonyl (C=O) groups is 2. The third-order valence-electron chi connectivity index (χ3n) is 4.39. The van der Waals surface area contributed by atoms with Crippen LogP contribution in [0.5, 0.6) is 0 Å². The third-order valence-corrected chi connectivity index (χ3v) is 4.39. The molecule has 0 spiro atoms. The Morgan fingerprint density at radius 1 is 1.41 bits per heavy atom. The highest BCUT2D eigenvalue weighted by Gasteiger charge is 2.34. The third kappa shape index (κ3) is 2.64. The van der Waals surface area contributed by atoms with Crippen molar-refractivity contribution in [3.05, 3.63) is 42.0 Å². The van der Waals surface area contributed by atoms with Gasteiger partial charge in [-0.25, -0.2) is 0 Å². The number of hydrogen-bond donors (Lipinski definition) is 1. The van der Waals surface area contributed by atoms with Crippen LogP contribution >= 0.6 is 0 Å². The molecule has 1 aliphatic heterocycles. The van der Waals surface area contributed by atoms with E-state index in [1.54, 1.807) is 19.2 Å². The van der Waals surface area contributed by atoms with E-state index >= 15 is 0 Å². The second-order valence-corrected chi connectivity index (χ2v) is 6.06. The van der Waals surface area contributed by atoms with Gasteiger partial charge in [0.15, 0.2) is 0 Å². The van der Waals surface area contributed by atoms with Crippen molar-refractivity contribution in [2.45, 2.75) is 18.9 Å². The van der Waals surface area contributed by atoms with Crippen molar-refractivity contribution in [1.29, 1.82) is 0 Å². The highest BCUT2D eigenvalue weighted by atomic mass is 16.3. The maximum atomic E-state index is 12.4. The zero-order valence-corrected chi connectivity index (χ0v) is 12.7. The van der Waals surface area contributed by atoms with Crippen molar-refractivity contribution < 1.29 is 14.7 Å². The first-order valence-electron chi connectivity index (χ1n) is 7.51. The van der Waals surface area contributed by atoms with Gasteiger partial charge in [0.2, 0.25) is 5.91 Å².